The van der Waals surface area contributed by atoms with Crippen LogP contribution in [0.2, 0.25) is 0 Å². The van der Waals surface area contributed by atoms with Crippen LogP contribution in [-0.2, 0) is 16.7 Å². The van der Waals surface area contributed by atoms with Gasteiger partial charge in [-0.1, -0.05) is 19.1 Å². The van der Waals surface area contributed by atoms with E-state index in [4.69, 9.17) is 4.18 Å². The van der Waals surface area contributed by atoms with E-state index in [0.29, 0.717) is 11.8 Å². The van der Waals surface area contributed by atoms with Crippen LogP contribution in [0.4, 0.5) is 0 Å². The van der Waals surface area contributed by atoms with Crippen LogP contribution in [0.1, 0.15) is 32.8 Å². The summed E-state index contributed by atoms with van der Waals surface area (Å²) in [6, 6.07) is 7.58. The smallest absolute Gasteiger partial charge is 0.308 e. The molecule has 0 aromatic heterocycles. The summed E-state index contributed by atoms with van der Waals surface area (Å²) in [5.74, 6) is 0.341. The summed E-state index contributed by atoms with van der Waals surface area (Å²) >= 11 is 0. The van der Waals surface area contributed by atoms with E-state index in [-0.39, 0.29) is 5.75 Å². The summed E-state index contributed by atoms with van der Waals surface area (Å²) in [7, 11) is -3.43. The van der Waals surface area contributed by atoms with Crippen molar-refractivity contribution in [1.82, 2.24) is 5.32 Å². The van der Waals surface area contributed by atoms with Crippen molar-refractivity contribution < 1.29 is 12.6 Å². The second-order valence-electron chi connectivity index (χ2n) is 4.26. The van der Waals surface area contributed by atoms with Gasteiger partial charge in [-0.15, -0.1) is 0 Å². The van der Waals surface area contributed by atoms with Gasteiger partial charge in [-0.2, -0.15) is 8.42 Å². The van der Waals surface area contributed by atoms with Gasteiger partial charge in [0.25, 0.3) is 0 Å². The van der Waals surface area contributed by atoms with Gasteiger partial charge >= 0.3 is 10.1 Å². The molecule has 102 valence electrons. The molecule has 0 fully saturated rings. The Morgan fingerprint density at radius 1 is 1.22 bits per heavy atom. The first-order valence-corrected chi connectivity index (χ1v) is 7.79. The van der Waals surface area contributed by atoms with Gasteiger partial charge in [0.2, 0.25) is 0 Å². The Hall–Kier alpha value is -1.07. The molecule has 0 spiro atoms. The molecule has 0 aliphatic carbocycles. The summed E-state index contributed by atoms with van der Waals surface area (Å²) in [5.41, 5.74) is 1.11. The van der Waals surface area contributed by atoms with Gasteiger partial charge in [0.1, 0.15) is 5.75 Å². The lowest BCUT2D eigenvalue weighted by molar-refractivity contribution is 0.487. The van der Waals surface area contributed by atoms with Crippen molar-refractivity contribution in [3.63, 3.8) is 0 Å². The Labute approximate surface area is 109 Å². The molecule has 0 aliphatic heterocycles. The predicted octanol–water partition coefficient (Wildman–Crippen LogP) is 2.30. The third kappa shape index (κ3) is 5.06. The summed E-state index contributed by atoms with van der Waals surface area (Å²) < 4.78 is 27.5. The molecular weight excluding hydrogens is 250 g/mol. The Bertz CT molecular complexity index is 454. The molecule has 1 rings (SSSR count). The van der Waals surface area contributed by atoms with E-state index < -0.39 is 10.1 Å². The average Bonchev–Trinajstić information content (AvgIpc) is 2.37. The zero-order valence-corrected chi connectivity index (χ0v) is 12.0. The Morgan fingerprint density at radius 3 is 2.33 bits per heavy atom. The molecule has 5 heteroatoms. The van der Waals surface area contributed by atoms with E-state index in [9.17, 15) is 8.42 Å². The highest BCUT2D eigenvalue weighted by Crippen LogP contribution is 2.14. The molecule has 0 amide bonds. The van der Waals surface area contributed by atoms with Crippen LogP contribution in [-0.4, -0.2) is 20.2 Å². The zero-order valence-electron chi connectivity index (χ0n) is 11.1. The monoisotopic (exact) mass is 271 g/mol. The van der Waals surface area contributed by atoms with Crippen molar-refractivity contribution in [2.24, 2.45) is 0 Å². The number of nitrogens with one attached hydrogen (secondary N) is 1. The number of hydrogen-bond acceptors (Lipinski definition) is 4. The standard InChI is InChI=1S/C13H21NO3S/c1-4-11(3)14-10-12-6-8-13(9-7-12)17-18(15,16)5-2/h6-9,11,14H,4-5,10H2,1-3H3/t11-/m1/s1. The molecule has 0 heterocycles. The molecular formula is C13H21NO3S. The summed E-state index contributed by atoms with van der Waals surface area (Å²) in [4.78, 5) is 0. The van der Waals surface area contributed by atoms with Gasteiger partial charge in [-0.25, -0.2) is 0 Å². The molecule has 0 aliphatic rings. The maximum atomic E-state index is 11.3. The fourth-order valence-corrected chi connectivity index (χ4v) is 1.83. The molecule has 1 N–H and O–H groups in total. The predicted molar refractivity (Wildman–Crippen MR) is 73.1 cm³/mol. The van der Waals surface area contributed by atoms with Crippen molar-refractivity contribution in [3.8, 4) is 5.75 Å². The van der Waals surface area contributed by atoms with Crippen LogP contribution >= 0.6 is 0 Å². The third-order valence-corrected chi connectivity index (χ3v) is 3.92. The highest BCUT2D eigenvalue weighted by atomic mass is 32.2. The molecule has 1 aromatic carbocycles. The fraction of sp³-hybridized carbons (Fsp3) is 0.538. The molecule has 0 saturated heterocycles. The van der Waals surface area contributed by atoms with Gasteiger partial charge in [0.05, 0.1) is 5.75 Å². The van der Waals surface area contributed by atoms with Crippen LogP contribution in [0.25, 0.3) is 0 Å². The van der Waals surface area contributed by atoms with E-state index in [2.05, 4.69) is 19.2 Å². The van der Waals surface area contributed by atoms with Crippen molar-refractivity contribution in [2.45, 2.75) is 39.8 Å². The Morgan fingerprint density at radius 2 is 1.83 bits per heavy atom. The highest BCUT2D eigenvalue weighted by Gasteiger charge is 2.08. The lowest BCUT2D eigenvalue weighted by Gasteiger charge is -2.11. The second kappa shape index (κ2) is 6.75. The van der Waals surface area contributed by atoms with E-state index in [1.165, 1.54) is 0 Å². The molecule has 4 nitrogen and oxygen atoms in total. The Kier molecular flexibility index (Phi) is 5.62. The van der Waals surface area contributed by atoms with Gasteiger partial charge in [0.15, 0.2) is 0 Å². The van der Waals surface area contributed by atoms with Crippen LogP contribution in [0.15, 0.2) is 24.3 Å². The van der Waals surface area contributed by atoms with E-state index in [1.54, 1.807) is 19.1 Å². The van der Waals surface area contributed by atoms with Gasteiger partial charge in [-0.05, 0) is 38.0 Å². The van der Waals surface area contributed by atoms with Crippen LogP contribution in [0.5, 0.6) is 5.75 Å². The van der Waals surface area contributed by atoms with Crippen molar-refractivity contribution >= 4 is 10.1 Å². The van der Waals surface area contributed by atoms with Crippen molar-refractivity contribution in [1.29, 1.82) is 0 Å². The maximum absolute atomic E-state index is 11.3. The molecule has 0 radical (unpaired) electrons. The summed E-state index contributed by atoms with van der Waals surface area (Å²) in [6.07, 6.45) is 1.08. The van der Waals surface area contributed by atoms with Crippen LogP contribution in [0, 0.1) is 0 Å². The molecule has 1 aromatic rings. The van der Waals surface area contributed by atoms with Crippen molar-refractivity contribution in [2.75, 3.05) is 5.75 Å². The normalized spacial score (nSPS) is 13.3. The minimum atomic E-state index is -3.43. The number of benzene rings is 1. The molecule has 0 bridgehead atoms. The van der Waals surface area contributed by atoms with Gasteiger partial charge in [0, 0.05) is 12.6 Å². The third-order valence-electron chi connectivity index (χ3n) is 2.77. The molecule has 0 saturated carbocycles. The van der Waals surface area contributed by atoms with Crippen LogP contribution in [0.3, 0.4) is 0 Å². The number of rotatable bonds is 7. The topological polar surface area (TPSA) is 55.4 Å². The van der Waals surface area contributed by atoms with Crippen LogP contribution < -0.4 is 9.50 Å². The van der Waals surface area contributed by atoms with E-state index in [0.717, 1.165) is 18.5 Å². The summed E-state index contributed by atoms with van der Waals surface area (Å²) in [5, 5.41) is 3.37. The maximum Gasteiger partial charge on any atom is 0.308 e. The van der Waals surface area contributed by atoms with Gasteiger partial charge in [-0.3, -0.25) is 0 Å². The lowest BCUT2D eigenvalue weighted by Crippen LogP contribution is -2.24. The van der Waals surface area contributed by atoms with E-state index >= 15 is 0 Å². The first-order chi connectivity index (χ1) is 8.46. The molecule has 18 heavy (non-hydrogen) atoms. The first-order valence-electron chi connectivity index (χ1n) is 6.21. The number of hydrogen-bond donors (Lipinski definition) is 1. The molecule has 0 unspecified atom stereocenters. The summed E-state index contributed by atoms with van der Waals surface area (Å²) in [6.45, 7) is 6.59. The first kappa shape index (κ1) is 15.0. The molecule has 1 atom stereocenters. The van der Waals surface area contributed by atoms with Gasteiger partial charge < -0.3 is 9.50 Å². The Balaban J connectivity index is 2.58. The zero-order chi connectivity index (χ0) is 13.6. The fourth-order valence-electron chi connectivity index (χ4n) is 1.30. The lowest BCUT2D eigenvalue weighted by atomic mass is 10.2. The second-order valence-corrected chi connectivity index (χ2v) is 6.12. The minimum Gasteiger partial charge on any atom is -0.382 e. The average molecular weight is 271 g/mol. The highest BCUT2D eigenvalue weighted by molar-refractivity contribution is 7.87. The quantitative estimate of drug-likeness (QED) is 0.773. The minimum absolute atomic E-state index is 0.0235. The SMILES string of the molecule is CC[C@@H](C)NCc1ccc(OS(=O)(=O)CC)cc1. The largest absolute Gasteiger partial charge is 0.382 e. The van der Waals surface area contributed by atoms with E-state index in [1.807, 2.05) is 12.1 Å². The van der Waals surface area contributed by atoms with Crippen molar-refractivity contribution in [3.05, 3.63) is 29.8 Å².